The van der Waals surface area contributed by atoms with Crippen LogP contribution in [0.3, 0.4) is 0 Å². The van der Waals surface area contributed by atoms with Crippen molar-refractivity contribution in [1.29, 1.82) is 0 Å². The molecule has 0 atom stereocenters. The van der Waals surface area contributed by atoms with Crippen LogP contribution in [-0.4, -0.2) is 11.0 Å². The lowest BCUT2D eigenvalue weighted by molar-refractivity contribution is 0.582. The van der Waals surface area contributed by atoms with E-state index in [-0.39, 0.29) is 5.82 Å². The largest absolute Gasteiger partial charge is 0.309 e. The fourth-order valence-electron chi connectivity index (χ4n) is 1.51. The second kappa shape index (κ2) is 7.03. The molecule has 2 rings (SSSR count). The molecule has 2 aromatic rings. The molecule has 0 aliphatic rings. The number of halogens is 1. The molecule has 0 aliphatic heterocycles. The van der Waals surface area contributed by atoms with E-state index >= 15 is 0 Å². The lowest BCUT2D eigenvalue weighted by atomic mass is 10.3. The van der Waals surface area contributed by atoms with E-state index in [2.05, 4.69) is 29.5 Å². The van der Waals surface area contributed by atoms with Gasteiger partial charge in [0.1, 0.15) is 10.8 Å². The van der Waals surface area contributed by atoms with Crippen molar-refractivity contribution in [1.82, 2.24) is 10.3 Å². The number of hydrogen-bond donors (Lipinski definition) is 1. The van der Waals surface area contributed by atoms with Gasteiger partial charge in [-0.1, -0.05) is 26.0 Å². The molecule has 0 fully saturated rings. The highest BCUT2D eigenvalue weighted by Crippen LogP contribution is 2.26. The number of nitrogens with one attached hydrogen (secondary N) is 1. The summed E-state index contributed by atoms with van der Waals surface area (Å²) in [5.41, 5.74) is 1.06. The van der Waals surface area contributed by atoms with Crippen molar-refractivity contribution in [2.45, 2.75) is 37.1 Å². The smallest absolute Gasteiger partial charge is 0.136 e. The molecule has 0 amide bonds. The maximum absolute atomic E-state index is 13.5. The Bertz CT molecular complexity index is 526. The molecule has 0 spiro atoms. The second-order valence-electron chi connectivity index (χ2n) is 4.49. The minimum absolute atomic E-state index is 0.161. The zero-order valence-electron chi connectivity index (χ0n) is 11.0. The highest BCUT2D eigenvalue weighted by atomic mass is 32.2. The van der Waals surface area contributed by atoms with E-state index in [9.17, 15) is 4.39 Å². The van der Waals surface area contributed by atoms with Crippen LogP contribution in [0.1, 0.15) is 24.5 Å². The van der Waals surface area contributed by atoms with Crippen molar-refractivity contribution in [2.24, 2.45) is 0 Å². The molecule has 0 radical (unpaired) electrons. The topological polar surface area (TPSA) is 24.9 Å². The molecule has 1 aromatic heterocycles. The maximum atomic E-state index is 13.5. The SMILES string of the molecule is CC(C)NCc1csc(CSc2ccccc2F)n1. The zero-order valence-corrected chi connectivity index (χ0v) is 12.7. The average molecular weight is 296 g/mol. The standard InChI is InChI=1S/C14H17FN2S2/c1-10(2)16-7-11-8-19-14(17-11)9-18-13-6-4-3-5-12(13)15/h3-6,8,10,16H,7,9H2,1-2H3. The van der Waals surface area contributed by atoms with Gasteiger partial charge in [-0.15, -0.1) is 23.1 Å². The summed E-state index contributed by atoms with van der Waals surface area (Å²) >= 11 is 3.12. The highest BCUT2D eigenvalue weighted by Gasteiger charge is 2.06. The number of aromatic nitrogens is 1. The van der Waals surface area contributed by atoms with Crippen LogP contribution in [-0.2, 0) is 12.3 Å². The summed E-state index contributed by atoms with van der Waals surface area (Å²) in [5.74, 6) is 0.554. The first-order valence-electron chi connectivity index (χ1n) is 6.19. The molecule has 0 saturated carbocycles. The molecule has 5 heteroatoms. The minimum atomic E-state index is -0.161. The van der Waals surface area contributed by atoms with Crippen LogP contribution < -0.4 is 5.32 Å². The number of nitrogens with zero attached hydrogens (tertiary/aromatic N) is 1. The molecule has 0 aliphatic carbocycles. The normalized spacial score (nSPS) is 11.2. The van der Waals surface area contributed by atoms with Gasteiger partial charge in [-0.2, -0.15) is 0 Å². The van der Waals surface area contributed by atoms with Crippen LogP contribution in [0.2, 0.25) is 0 Å². The third-order valence-electron chi connectivity index (χ3n) is 2.48. The van der Waals surface area contributed by atoms with Gasteiger partial charge in [-0.3, -0.25) is 0 Å². The Morgan fingerprint density at radius 2 is 2.16 bits per heavy atom. The van der Waals surface area contributed by atoms with Crippen LogP contribution >= 0.6 is 23.1 Å². The summed E-state index contributed by atoms with van der Waals surface area (Å²) in [4.78, 5) is 5.22. The quantitative estimate of drug-likeness (QED) is 0.813. The predicted molar refractivity (Wildman–Crippen MR) is 80.1 cm³/mol. The van der Waals surface area contributed by atoms with Crippen molar-refractivity contribution >= 4 is 23.1 Å². The third-order valence-corrected chi connectivity index (χ3v) is 4.62. The lowest BCUT2D eigenvalue weighted by Gasteiger charge is -2.04. The number of benzene rings is 1. The Hall–Kier alpha value is -0.910. The van der Waals surface area contributed by atoms with Crippen molar-refractivity contribution in [2.75, 3.05) is 0 Å². The third kappa shape index (κ3) is 4.60. The molecule has 1 aromatic carbocycles. The number of thioether (sulfide) groups is 1. The van der Waals surface area contributed by atoms with Crippen LogP contribution in [0.25, 0.3) is 0 Å². The Labute approximate surface area is 121 Å². The molecule has 19 heavy (non-hydrogen) atoms. The van der Waals surface area contributed by atoms with E-state index in [0.717, 1.165) is 17.2 Å². The van der Waals surface area contributed by atoms with Gasteiger partial charge in [-0.25, -0.2) is 9.37 Å². The summed E-state index contributed by atoms with van der Waals surface area (Å²) < 4.78 is 13.5. The van der Waals surface area contributed by atoms with Crippen LogP contribution in [0.15, 0.2) is 34.5 Å². The summed E-state index contributed by atoms with van der Waals surface area (Å²) in [6.07, 6.45) is 0. The van der Waals surface area contributed by atoms with Crippen molar-refractivity contribution in [3.63, 3.8) is 0 Å². The Morgan fingerprint density at radius 1 is 1.37 bits per heavy atom. The fraction of sp³-hybridized carbons (Fsp3) is 0.357. The van der Waals surface area contributed by atoms with Crippen molar-refractivity contribution in [3.8, 4) is 0 Å². The zero-order chi connectivity index (χ0) is 13.7. The van der Waals surface area contributed by atoms with E-state index in [1.165, 1.54) is 17.8 Å². The summed E-state index contributed by atoms with van der Waals surface area (Å²) in [5, 5.41) is 6.43. The molecular weight excluding hydrogens is 279 g/mol. The molecule has 1 heterocycles. The molecule has 2 nitrogen and oxygen atoms in total. The van der Waals surface area contributed by atoms with Crippen molar-refractivity contribution < 1.29 is 4.39 Å². The second-order valence-corrected chi connectivity index (χ2v) is 6.45. The average Bonchev–Trinajstić information content (AvgIpc) is 2.83. The van der Waals surface area contributed by atoms with Gasteiger partial charge in [0.05, 0.1) is 11.4 Å². The van der Waals surface area contributed by atoms with Gasteiger partial charge in [0.2, 0.25) is 0 Å². The molecule has 102 valence electrons. The van der Waals surface area contributed by atoms with Gasteiger partial charge < -0.3 is 5.32 Å². The monoisotopic (exact) mass is 296 g/mol. The lowest BCUT2D eigenvalue weighted by Crippen LogP contribution is -2.21. The first-order valence-corrected chi connectivity index (χ1v) is 8.05. The van der Waals surface area contributed by atoms with Crippen LogP contribution in [0, 0.1) is 5.82 Å². The maximum Gasteiger partial charge on any atom is 0.136 e. The summed E-state index contributed by atoms with van der Waals surface area (Å²) in [6.45, 7) is 5.02. The van der Waals surface area contributed by atoms with Gasteiger partial charge in [-0.05, 0) is 12.1 Å². The molecule has 1 N–H and O–H groups in total. The van der Waals surface area contributed by atoms with E-state index in [1.807, 2.05) is 6.07 Å². The van der Waals surface area contributed by atoms with E-state index in [4.69, 9.17) is 0 Å². The summed E-state index contributed by atoms with van der Waals surface area (Å²) in [7, 11) is 0. The van der Waals surface area contributed by atoms with E-state index < -0.39 is 0 Å². The Kier molecular flexibility index (Phi) is 5.36. The molecule has 0 unspecified atom stereocenters. The molecule has 0 bridgehead atoms. The van der Waals surface area contributed by atoms with Crippen molar-refractivity contribution in [3.05, 3.63) is 46.2 Å². The highest BCUT2D eigenvalue weighted by molar-refractivity contribution is 7.98. The van der Waals surface area contributed by atoms with Gasteiger partial charge >= 0.3 is 0 Å². The first-order chi connectivity index (χ1) is 9.15. The fourth-order valence-corrected chi connectivity index (χ4v) is 3.26. The van der Waals surface area contributed by atoms with E-state index in [1.54, 1.807) is 23.5 Å². The number of hydrogen-bond acceptors (Lipinski definition) is 4. The minimum Gasteiger partial charge on any atom is -0.309 e. The van der Waals surface area contributed by atoms with Crippen LogP contribution in [0.5, 0.6) is 0 Å². The van der Waals surface area contributed by atoms with Gasteiger partial charge in [0, 0.05) is 22.9 Å². The van der Waals surface area contributed by atoms with Crippen LogP contribution in [0.4, 0.5) is 4.39 Å². The van der Waals surface area contributed by atoms with Gasteiger partial charge in [0.15, 0.2) is 0 Å². The molecule has 0 saturated heterocycles. The first kappa shape index (κ1) is 14.5. The predicted octanol–water partition coefficient (Wildman–Crippen LogP) is 4.07. The number of thiazole rings is 1. The molecular formula is C14H17FN2S2. The Balaban J connectivity index is 1.88. The van der Waals surface area contributed by atoms with Gasteiger partial charge in [0.25, 0.3) is 0 Å². The number of rotatable bonds is 6. The summed E-state index contributed by atoms with van der Waals surface area (Å²) in [6, 6.07) is 7.30. The Morgan fingerprint density at radius 3 is 2.89 bits per heavy atom. The van der Waals surface area contributed by atoms with E-state index in [0.29, 0.717) is 16.7 Å².